The first-order chi connectivity index (χ1) is 16.8. The molecular formula is C31H58O4. The van der Waals surface area contributed by atoms with Crippen LogP contribution in [-0.2, 0) is 14.3 Å². The minimum Gasteiger partial charge on any atom is -0.481 e. The van der Waals surface area contributed by atoms with Gasteiger partial charge >= 0.3 is 11.9 Å². The molecule has 1 saturated carbocycles. The number of ether oxygens (including phenoxy) is 1. The fourth-order valence-corrected chi connectivity index (χ4v) is 5.49. The van der Waals surface area contributed by atoms with E-state index in [9.17, 15) is 14.7 Å². The van der Waals surface area contributed by atoms with Crippen molar-refractivity contribution in [1.82, 2.24) is 0 Å². The highest BCUT2D eigenvalue weighted by atomic mass is 16.5. The highest BCUT2D eigenvalue weighted by Gasteiger charge is 2.37. The molecule has 0 amide bonds. The summed E-state index contributed by atoms with van der Waals surface area (Å²) in [5.41, 5.74) is 0. The number of unbranched alkanes of at least 4 members (excludes halogenated alkanes) is 10. The van der Waals surface area contributed by atoms with Crippen LogP contribution < -0.4 is 0 Å². The average Bonchev–Trinajstić information content (AvgIpc) is 2.81. The first-order valence-corrected chi connectivity index (χ1v) is 15.2. The van der Waals surface area contributed by atoms with Crippen LogP contribution in [0.2, 0.25) is 0 Å². The van der Waals surface area contributed by atoms with E-state index in [1.807, 2.05) is 0 Å². The summed E-state index contributed by atoms with van der Waals surface area (Å²) in [6.45, 7) is 9.17. The summed E-state index contributed by atoms with van der Waals surface area (Å²) in [6.07, 6.45) is 22.6. The van der Waals surface area contributed by atoms with Crippen molar-refractivity contribution in [3.8, 4) is 0 Å². The molecule has 0 aliphatic heterocycles. The molecular weight excluding hydrogens is 436 g/mol. The Balaban J connectivity index is 2.39. The Morgan fingerprint density at radius 2 is 1.00 bits per heavy atom. The first kappa shape index (κ1) is 32.0. The number of esters is 1. The van der Waals surface area contributed by atoms with Crippen molar-refractivity contribution < 1.29 is 19.4 Å². The highest BCUT2D eigenvalue weighted by molar-refractivity contribution is 5.81. The van der Waals surface area contributed by atoms with Crippen LogP contribution in [-0.4, -0.2) is 23.1 Å². The maximum Gasteiger partial charge on any atom is 0.310 e. The Hall–Kier alpha value is -1.06. The summed E-state index contributed by atoms with van der Waals surface area (Å²) >= 11 is 0. The van der Waals surface area contributed by atoms with E-state index < -0.39 is 17.8 Å². The van der Waals surface area contributed by atoms with E-state index >= 15 is 0 Å². The fourth-order valence-electron chi connectivity index (χ4n) is 5.49. The number of hydrogen-bond acceptors (Lipinski definition) is 3. The van der Waals surface area contributed by atoms with Crippen molar-refractivity contribution >= 4 is 11.9 Å². The van der Waals surface area contributed by atoms with Gasteiger partial charge in [-0.15, -0.1) is 0 Å². The lowest BCUT2D eigenvalue weighted by molar-refractivity contribution is -0.164. The quantitative estimate of drug-likeness (QED) is 0.127. The van der Waals surface area contributed by atoms with E-state index in [0.29, 0.717) is 12.8 Å². The van der Waals surface area contributed by atoms with Gasteiger partial charge in [0.05, 0.1) is 11.8 Å². The van der Waals surface area contributed by atoms with E-state index in [0.717, 1.165) is 50.4 Å². The average molecular weight is 495 g/mol. The van der Waals surface area contributed by atoms with E-state index in [4.69, 9.17) is 4.74 Å². The number of carbonyl (C=O) groups is 2. The summed E-state index contributed by atoms with van der Waals surface area (Å²) in [4.78, 5) is 24.6. The summed E-state index contributed by atoms with van der Waals surface area (Å²) in [5, 5.41) is 9.57. The van der Waals surface area contributed by atoms with Crippen molar-refractivity contribution in [2.75, 3.05) is 0 Å². The minimum absolute atomic E-state index is 0.0411. The standard InChI is InChI=1S/C31H58O4/c1-25(2)19-13-9-6-5-7-11-15-21-27(22-16-12-8-10-14-20-26(3)4)35-31(34)29-24-18-17-23-28(29)30(32)33/h25-29H,5-24H2,1-4H3,(H,32,33). The van der Waals surface area contributed by atoms with E-state index in [1.165, 1.54) is 77.0 Å². The van der Waals surface area contributed by atoms with Crippen LogP contribution >= 0.6 is 0 Å². The van der Waals surface area contributed by atoms with Gasteiger partial charge in [0.1, 0.15) is 6.10 Å². The lowest BCUT2D eigenvalue weighted by Crippen LogP contribution is -2.35. The number of aliphatic carboxylic acids is 1. The van der Waals surface area contributed by atoms with Crippen LogP contribution in [0.3, 0.4) is 0 Å². The molecule has 35 heavy (non-hydrogen) atoms. The Labute approximate surface area is 217 Å². The van der Waals surface area contributed by atoms with Gasteiger partial charge in [-0.1, -0.05) is 118 Å². The molecule has 0 aromatic rings. The molecule has 0 radical (unpaired) electrons. The van der Waals surface area contributed by atoms with Gasteiger partial charge in [-0.3, -0.25) is 9.59 Å². The van der Waals surface area contributed by atoms with Gasteiger partial charge in [0, 0.05) is 0 Å². The van der Waals surface area contributed by atoms with Crippen LogP contribution in [0.1, 0.15) is 156 Å². The van der Waals surface area contributed by atoms with Crippen LogP contribution in [0.25, 0.3) is 0 Å². The SMILES string of the molecule is CC(C)CCCCCCCCCC(CCCCCCCC(C)C)OC(=O)C1CCCCC1C(=O)O. The summed E-state index contributed by atoms with van der Waals surface area (Å²) in [7, 11) is 0. The van der Waals surface area contributed by atoms with E-state index in [-0.39, 0.29) is 12.1 Å². The third-order valence-electron chi connectivity index (χ3n) is 7.78. The number of hydrogen-bond donors (Lipinski definition) is 1. The molecule has 3 unspecified atom stereocenters. The molecule has 1 N–H and O–H groups in total. The molecule has 0 heterocycles. The highest BCUT2D eigenvalue weighted by Crippen LogP contribution is 2.32. The van der Waals surface area contributed by atoms with Crippen molar-refractivity contribution in [2.45, 2.75) is 162 Å². The minimum atomic E-state index is -0.835. The summed E-state index contributed by atoms with van der Waals surface area (Å²) < 4.78 is 6.01. The Bertz CT molecular complexity index is 542. The molecule has 0 spiro atoms. The fraction of sp³-hybridized carbons (Fsp3) is 0.935. The molecule has 0 saturated heterocycles. The van der Waals surface area contributed by atoms with Gasteiger partial charge in [0.2, 0.25) is 0 Å². The molecule has 1 fully saturated rings. The normalized spacial score (nSPS) is 19.3. The smallest absolute Gasteiger partial charge is 0.310 e. The second-order valence-corrected chi connectivity index (χ2v) is 12.1. The van der Waals surface area contributed by atoms with Crippen LogP contribution in [0.4, 0.5) is 0 Å². The van der Waals surface area contributed by atoms with Crippen LogP contribution in [0.5, 0.6) is 0 Å². The molecule has 206 valence electrons. The van der Waals surface area contributed by atoms with Crippen LogP contribution in [0.15, 0.2) is 0 Å². The first-order valence-electron chi connectivity index (χ1n) is 15.2. The molecule has 0 bridgehead atoms. The van der Waals surface area contributed by atoms with Crippen molar-refractivity contribution in [3.05, 3.63) is 0 Å². The third kappa shape index (κ3) is 16.3. The Morgan fingerprint density at radius 3 is 1.40 bits per heavy atom. The lowest BCUT2D eigenvalue weighted by Gasteiger charge is -2.29. The third-order valence-corrected chi connectivity index (χ3v) is 7.78. The second-order valence-electron chi connectivity index (χ2n) is 12.1. The van der Waals surface area contributed by atoms with E-state index in [1.54, 1.807) is 0 Å². The Morgan fingerprint density at radius 1 is 0.629 bits per heavy atom. The molecule has 0 aromatic carbocycles. The van der Waals surface area contributed by atoms with Crippen molar-refractivity contribution in [1.29, 1.82) is 0 Å². The van der Waals surface area contributed by atoms with Crippen LogP contribution in [0, 0.1) is 23.7 Å². The molecule has 1 rings (SSSR count). The van der Waals surface area contributed by atoms with Gasteiger partial charge in [-0.2, -0.15) is 0 Å². The van der Waals surface area contributed by atoms with Crippen molar-refractivity contribution in [2.24, 2.45) is 23.7 Å². The zero-order chi connectivity index (χ0) is 25.9. The number of rotatable bonds is 21. The molecule has 3 atom stereocenters. The topological polar surface area (TPSA) is 63.6 Å². The molecule has 0 aromatic heterocycles. The van der Waals surface area contributed by atoms with E-state index in [2.05, 4.69) is 27.7 Å². The number of carboxylic acids is 1. The maximum absolute atomic E-state index is 13.0. The molecule has 4 nitrogen and oxygen atoms in total. The largest absolute Gasteiger partial charge is 0.481 e. The van der Waals surface area contributed by atoms with Gasteiger partial charge < -0.3 is 9.84 Å². The summed E-state index contributed by atoms with van der Waals surface area (Å²) in [6, 6.07) is 0. The second kappa shape index (κ2) is 20.0. The monoisotopic (exact) mass is 494 g/mol. The lowest BCUT2D eigenvalue weighted by atomic mass is 9.79. The van der Waals surface area contributed by atoms with Gasteiger partial charge in [0.25, 0.3) is 0 Å². The number of carbonyl (C=O) groups excluding carboxylic acids is 1. The number of carboxylic acid groups (broad SMARTS) is 1. The van der Waals surface area contributed by atoms with Crippen molar-refractivity contribution in [3.63, 3.8) is 0 Å². The zero-order valence-electron chi connectivity index (χ0n) is 23.7. The molecule has 1 aliphatic carbocycles. The zero-order valence-corrected chi connectivity index (χ0v) is 23.7. The van der Waals surface area contributed by atoms with Gasteiger partial charge in [-0.25, -0.2) is 0 Å². The maximum atomic E-state index is 13.0. The van der Waals surface area contributed by atoms with Gasteiger partial charge in [0.15, 0.2) is 0 Å². The summed E-state index contributed by atoms with van der Waals surface area (Å²) in [5.74, 6) is -0.497. The molecule has 4 heteroatoms. The van der Waals surface area contributed by atoms with Gasteiger partial charge in [-0.05, 0) is 50.4 Å². The predicted molar refractivity (Wildman–Crippen MR) is 147 cm³/mol. The predicted octanol–water partition coefficient (Wildman–Crippen LogP) is 9.34. The Kier molecular flexibility index (Phi) is 18.3. The molecule has 1 aliphatic rings.